The molecule has 0 heterocycles. The second-order valence-electron chi connectivity index (χ2n) is 4.37. The molecule has 110 valence electrons. The van der Waals surface area contributed by atoms with Crippen molar-refractivity contribution in [1.29, 1.82) is 0 Å². The van der Waals surface area contributed by atoms with E-state index in [2.05, 4.69) is 0 Å². The van der Waals surface area contributed by atoms with Crippen molar-refractivity contribution in [2.45, 2.75) is 6.42 Å². The zero-order chi connectivity index (χ0) is 15.4. The summed E-state index contributed by atoms with van der Waals surface area (Å²) in [6.07, 6.45) is 0.146. The third-order valence-electron chi connectivity index (χ3n) is 3.07. The number of Topliss-reactive ketones (excluding diaryl/α,β-unsaturated/α-hetero) is 1. The fraction of sp³-hybridized carbons (Fsp3) is 0.188. The van der Waals surface area contributed by atoms with Crippen molar-refractivity contribution in [3.63, 3.8) is 0 Å². The van der Waals surface area contributed by atoms with Crippen molar-refractivity contribution in [1.82, 2.24) is 0 Å². The first kappa shape index (κ1) is 15.7. The highest BCUT2D eigenvalue weighted by atomic mass is 35.5. The second-order valence-corrected chi connectivity index (χ2v) is 5.22. The number of rotatable bonds is 5. The highest BCUT2D eigenvalue weighted by Gasteiger charge is 2.19. The maximum absolute atomic E-state index is 12.6. The molecule has 0 N–H and O–H groups in total. The highest BCUT2D eigenvalue weighted by Crippen LogP contribution is 2.30. The molecular weight excluding hydrogens is 311 g/mol. The lowest BCUT2D eigenvalue weighted by Gasteiger charge is -2.12. The molecule has 0 saturated carbocycles. The van der Waals surface area contributed by atoms with Gasteiger partial charge in [0.15, 0.2) is 5.78 Å². The summed E-state index contributed by atoms with van der Waals surface area (Å²) in [5.41, 5.74) is 1.12. The molecule has 0 aliphatic heterocycles. The Morgan fingerprint density at radius 2 is 1.67 bits per heavy atom. The van der Waals surface area contributed by atoms with Gasteiger partial charge in [-0.1, -0.05) is 35.3 Å². The average Bonchev–Trinajstić information content (AvgIpc) is 2.49. The molecule has 2 aromatic rings. The largest absolute Gasteiger partial charge is 0.496 e. The van der Waals surface area contributed by atoms with Crippen molar-refractivity contribution in [2.24, 2.45) is 0 Å². The molecule has 0 atom stereocenters. The summed E-state index contributed by atoms with van der Waals surface area (Å²) in [7, 11) is 3.03. The molecule has 0 aliphatic rings. The molecule has 0 aromatic heterocycles. The predicted octanol–water partition coefficient (Wildman–Crippen LogP) is 4.44. The smallest absolute Gasteiger partial charge is 0.174 e. The minimum absolute atomic E-state index is 0.131. The van der Waals surface area contributed by atoms with Crippen LogP contribution in [0.1, 0.15) is 15.9 Å². The summed E-state index contributed by atoms with van der Waals surface area (Å²) in [5.74, 6) is 0.822. The maximum Gasteiger partial charge on any atom is 0.174 e. The first-order valence-corrected chi connectivity index (χ1v) is 7.00. The van der Waals surface area contributed by atoms with Crippen LogP contribution in [0.3, 0.4) is 0 Å². The Morgan fingerprint density at radius 3 is 2.19 bits per heavy atom. The standard InChI is InChI=1S/C16H14Cl2O3/c1-20-14-4-3-5-15(21-2)16(14)13(19)8-10-6-7-11(17)9-12(10)18/h3-7,9H,8H2,1-2H3. The average molecular weight is 325 g/mol. The van der Waals surface area contributed by atoms with Gasteiger partial charge in [-0.15, -0.1) is 0 Å². The SMILES string of the molecule is COc1cccc(OC)c1C(=O)Cc1ccc(Cl)cc1Cl. The first-order chi connectivity index (χ1) is 10.1. The third kappa shape index (κ3) is 3.49. The Morgan fingerprint density at radius 1 is 1.05 bits per heavy atom. The molecule has 3 nitrogen and oxygen atoms in total. The quantitative estimate of drug-likeness (QED) is 0.763. The van der Waals surface area contributed by atoms with E-state index in [9.17, 15) is 4.79 Å². The Kier molecular flexibility index (Phi) is 5.10. The van der Waals surface area contributed by atoms with Gasteiger partial charge in [0.05, 0.1) is 14.2 Å². The molecule has 21 heavy (non-hydrogen) atoms. The summed E-state index contributed by atoms with van der Waals surface area (Å²) in [4.78, 5) is 12.6. The summed E-state index contributed by atoms with van der Waals surface area (Å²) in [6, 6.07) is 10.3. The minimum Gasteiger partial charge on any atom is -0.496 e. The van der Waals surface area contributed by atoms with Gasteiger partial charge in [-0.3, -0.25) is 4.79 Å². The molecule has 2 rings (SSSR count). The molecule has 0 fully saturated rings. The van der Waals surface area contributed by atoms with Crippen LogP contribution in [0.15, 0.2) is 36.4 Å². The molecule has 0 spiro atoms. The van der Waals surface area contributed by atoms with Crippen LogP contribution >= 0.6 is 23.2 Å². The van der Waals surface area contributed by atoms with Gasteiger partial charge < -0.3 is 9.47 Å². The van der Waals surface area contributed by atoms with Gasteiger partial charge in [0.2, 0.25) is 0 Å². The van der Waals surface area contributed by atoms with Crippen LogP contribution in [0.4, 0.5) is 0 Å². The lowest BCUT2D eigenvalue weighted by molar-refractivity contribution is 0.0987. The van der Waals surface area contributed by atoms with Crippen LogP contribution < -0.4 is 9.47 Å². The Labute approximate surface area is 133 Å². The van der Waals surface area contributed by atoms with E-state index in [1.54, 1.807) is 36.4 Å². The fourth-order valence-corrected chi connectivity index (χ4v) is 2.53. The second kappa shape index (κ2) is 6.83. The number of methoxy groups -OCH3 is 2. The van der Waals surface area contributed by atoms with Gasteiger partial charge in [-0.05, 0) is 29.8 Å². The number of hydrogen-bond donors (Lipinski definition) is 0. The van der Waals surface area contributed by atoms with Gasteiger partial charge in [-0.2, -0.15) is 0 Å². The van der Waals surface area contributed by atoms with Crippen molar-refractivity contribution in [3.05, 3.63) is 57.6 Å². The van der Waals surface area contributed by atoms with E-state index in [0.717, 1.165) is 0 Å². The zero-order valence-electron chi connectivity index (χ0n) is 11.7. The monoisotopic (exact) mass is 324 g/mol. The minimum atomic E-state index is -0.131. The maximum atomic E-state index is 12.6. The van der Waals surface area contributed by atoms with Gasteiger partial charge >= 0.3 is 0 Å². The van der Waals surface area contributed by atoms with Crippen LogP contribution in [-0.4, -0.2) is 20.0 Å². The molecule has 0 bridgehead atoms. The number of carbonyl (C=O) groups is 1. The van der Waals surface area contributed by atoms with Crippen molar-refractivity contribution >= 4 is 29.0 Å². The van der Waals surface area contributed by atoms with Crippen LogP contribution in [0, 0.1) is 0 Å². The van der Waals surface area contributed by atoms with E-state index in [4.69, 9.17) is 32.7 Å². The van der Waals surface area contributed by atoms with Crippen molar-refractivity contribution in [2.75, 3.05) is 14.2 Å². The van der Waals surface area contributed by atoms with Gasteiger partial charge in [0, 0.05) is 16.5 Å². The molecular formula is C16H14Cl2O3. The van der Waals surface area contributed by atoms with Crippen molar-refractivity contribution < 1.29 is 14.3 Å². The lowest BCUT2D eigenvalue weighted by atomic mass is 10.0. The van der Waals surface area contributed by atoms with Crippen LogP contribution in [0.25, 0.3) is 0 Å². The topological polar surface area (TPSA) is 35.5 Å². The number of ether oxygens (including phenoxy) is 2. The van der Waals surface area contributed by atoms with E-state index >= 15 is 0 Å². The third-order valence-corrected chi connectivity index (χ3v) is 3.66. The number of carbonyl (C=O) groups excluding carboxylic acids is 1. The summed E-state index contributed by atoms with van der Waals surface area (Å²) in [6.45, 7) is 0. The van der Waals surface area contributed by atoms with Gasteiger partial charge in [0.25, 0.3) is 0 Å². The summed E-state index contributed by atoms with van der Waals surface area (Å²) >= 11 is 12.0. The van der Waals surface area contributed by atoms with E-state index in [1.165, 1.54) is 14.2 Å². The van der Waals surface area contributed by atoms with E-state index in [0.29, 0.717) is 32.7 Å². The molecule has 0 amide bonds. The molecule has 5 heteroatoms. The number of ketones is 1. The Bertz CT molecular complexity index is 646. The molecule has 2 aromatic carbocycles. The summed E-state index contributed by atoms with van der Waals surface area (Å²) in [5, 5.41) is 0.996. The molecule has 0 unspecified atom stereocenters. The first-order valence-electron chi connectivity index (χ1n) is 6.25. The predicted molar refractivity (Wildman–Crippen MR) is 84.0 cm³/mol. The molecule has 0 radical (unpaired) electrons. The number of hydrogen-bond acceptors (Lipinski definition) is 3. The van der Waals surface area contributed by atoms with Gasteiger partial charge in [-0.25, -0.2) is 0 Å². The van der Waals surface area contributed by atoms with Crippen LogP contribution in [0.5, 0.6) is 11.5 Å². The van der Waals surface area contributed by atoms with Crippen LogP contribution in [-0.2, 0) is 6.42 Å². The zero-order valence-corrected chi connectivity index (χ0v) is 13.2. The van der Waals surface area contributed by atoms with E-state index in [-0.39, 0.29) is 12.2 Å². The molecule has 0 saturated heterocycles. The summed E-state index contributed by atoms with van der Waals surface area (Å²) < 4.78 is 10.5. The van der Waals surface area contributed by atoms with E-state index < -0.39 is 0 Å². The molecule has 0 aliphatic carbocycles. The van der Waals surface area contributed by atoms with Crippen molar-refractivity contribution in [3.8, 4) is 11.5 Å². The number of halogens is 2. The Balaban J connectivity index is 2.36. The number of benzene rings is 2. The normalized spacial score (nSPS) is 10.3. The van der Waals surface area contributed by atoms with Gasteiger partial charge in [0.1, 0.15) is 17.1 Å². The highest BCUT2D eigenvalue weighted by molar-refractivity contribution is 6.35. The van der Waals surface area contributed by atoms with E-state index in [1.807, 2.05) is 0 Å². The Hall–Kier alpha value is -1.71. The van der Waals surface area contributed by atoms with Crippen LogP contribution in [0.2, 0.25) is 10.0 Å². The lowest BCUT2D eigenvalue weighted by Crippen LogP contribution is -2.08. The fourth-order valence-electron chi connectivity index (χ4n) is 2.05.